The van der Waals surface area contributed by atoms with E-state index < -0.39 is 0 Å². The van der Waals surface area contributed by atoms with Crippen LogP contribution in [0.5, 0.6) is 0 Å². The molecule has 0 bridgehead atoms. The fourth-order valence-corrected chi connectivity index (χ4v) is 3.42. The third-order valence-electron chi connectivity index (χ3n) is 3.84. The lowest BCUT2D eigenvalue weighted by Gasteiger charge is -2.44. The lowest BCUT2D eigenvalue weighted by atomic mass is 10.1. The van der Waals surface area contributed by atoms with Crippen molar-refractivity contribution in [1.82, 2.24) is 4.90 Å². The highest BCUT2D eigenvalue weighted by molar-refractivity contribution is 6.39. The first-order valence-corrected chi connectivity index (χ1v) is 7.08. The Morgan fingerprint density at radius 1 is 1.06 bits per heavy atom. The summed E-state index contributed by atoms with van der Waals surface area (Å²) in [5, 5.41) is 1.51. The van der Waals surface area contributed by atoms with E-state index in [-0.39, 0.29) is 0 Å². The summed E-state index contributed by atoms with van der Waals surface area (Å²) < 4.78 is 0. The van der Waals surface area contributed by atoms with E-state index in [0.717, 1.165) is 34.4 Å². The maximum absolute atomic E-state index is 6.36. The Morgan fingerprint density at radius 2 is 1.50 bits per heavy atom. The molecule has 2 unspecified atom stereocenters. The van der Waals surface area contributed by atoms with Crippen LogP contribution < -0.4 is 4.90 Å². The largest absolute Gasteiger partial charge is 0.366 e. The van der Waals surface area contributed by atoms with E-state index in [9.17, 15) is 0 Å². The van der Waals surface area contributed by atoms with Gasteiger partial charge in [0.05, 0.1) is 15.7 Å². The minimum Gasteiger partial charge on any atom is -0.366 e. The second-order valence-electron chi connectivity index (χ2n) is 5.35. The first-order chi connectivity index (χ1) is 8.40. The van der Waals surface area contributed by atoms with Gasteiger partial charge in [-0.15, -0.1) is 0 Å². The quantitative estimate of drug-likeness (QED) is 0.774. The van der Waals surface area contributed by atoms with Gasteiger partial charge in [0, 0.05) is 25.2 Å². The second kappa shape index (κ2) is 5.28. The second-order valence-corrected chi connectivity index (χ2v) is 6.16. The summed E-state index contributed by atoms with van der Waals surface area (Å²) in [7, 11) is 2.17. The maximum Gasteiger partial charge on any atom is 0.0746 e. The van der Waals surface area contributed by atoms with E-state index in [0.29, 0.717) is 12.1 Å². The molecule has 4 heteroatoms. The fourth-order valence-electron chi connectivity index (χ4n) is 2.58. The zero-order valence-corrected chi connectivity index (χ0v) is 12.9. The molecule has 1 aliphatic heterocycles. The van der Waals surface area contributed by atoms with Gasteiger partial charge in [-0.3, -0.25) is 4.90 Å². The standard InChI is InChI=1S/C14H20Cl2N2/c1-9-5-12(15)14(13(16)6-9)18-7-10(2)17(4)11(3)8-18/h5-6,10-11H,7-8H2,1-4H3. The predicted molar refractivity (Wildman–Crippen MR) is 80.1 cm³/mol. The highest BCUT2D eigenvalue weighted by Gasteiger charge is 2.28. The predicted octanol–water partition coefficient (Wildman–Crippen LogP) is 3.83. The van der Waals surface area contributed by atoms with Crippen molar-refractivity contribution >= 4 is 28.9 Å². The summed E-state index contributed by atoms with van der Waals surface area (Å²) in [4.78, 5) is 4.70. The average molecular weight is 287 g/mol. The molecule has 0 aliphatic carbocycles. The zero-order valence-electron chi connectivity index (χ0n) is 11.4. The summed E-state index contributed by atoms with van der Waals surface area (Å²) in [6, 6.07) is 4.97. The van der Waals surface area contributed by atoms with Crippen molar-refractivity contribution in [2.45, 2.75) is 32.9 Å². The normalized spacial score (nSPS) is 25.6. The molecule has 1 aromatic rings. The fraction of sp³-hybridized carbons (Fsp3) is 0.571. The third-order valence-corrected chi connectivity index (χ3v) is 4.41. The van der Waals surface area contributed by atoms with Gasteiger partial charge in [0.1, 0.15) is 0 Å². The molecule has 1 saturated heterocycles. The van der Waals surface area contributed by atoms with Crippen molar-refractivity contribution in [3.05, 3.63) is 27.7 Å². The number of rotatable bonds is 1. The Labute approximate surface area is 119 Å². The summed E-state index contributed by atoms with van der Waals surface area (Å²) in [5.41, 5.74) is 2.08. The van der Waals surface area contributed by atoms with Gasteiger partial charge >= 0.3 is 0 Å². The monoisotopic (exact) mass is 286 g/mol. The van der Waals surface area contributed by atoms with E-state index in [4.69, 9.17) is 23.2 Å². The van der Waals surface area contributed by atoms with Crippen LogP contribution in [-0.2, 0) is 0 Å². The van der Waals surface area contributed by atoms with Gasteiger partial charge in [0.25, 0.3) is 0 Å². The van der Waals surface area contributed by atoms with Crippen molar-refractivity contribution < 1.29 is 0 Å². The van der Waals surface area contributed by atoms with E-state index >= 15 is 0 Å². The molecule has 1 aliphatic rings. The van der Waals surface area contributed by atoms with Crippen molar-refractivity contribution in [1.29, 1.82) is 0 Å². The molecule has 0 amide bonds. The molecule has 0 aromatic heterocycles. The number of likely N-dealkylation sites (N-methyl/N-ethyl adjacent to an activating group) is 1. The van der Waals surface area contributed by atoms with Crippen LogP contribution in [0.3, 0.4) is 0 Å². The van der Waals surface area contributed by atoms with Gasteiger partial charge in [-0.1, -0.05) is 23.2 Å². The lowest BCUT2D eigenvalue weighted by molar-refractivity contribution is 0.170. The van der Waals surface area contributed by atoms with Crippen LogP contribution in [0.25, 0.3) is 0 Å². The number of hydrogen-bond acceptors (Lipinski definition) is 2. The molecule has 0 saturated carbocycles. The van der Waals surface area contributed by atoms with E-state index in [2.05, 4.69) is 30.7 Å². The minimum atomic E-state index is 0.502. The molecule has 2 atom stereocenters. The smallest absolute Gasteiger partial charge is 0.0746 e. The van der Waals surface area contributed by atoms with Crippen LogP contribution >= 0.6 is 23.2 Å². The number of aryl methyl sites for hydroxylation is 1. The number of anilines is 1. The van der Waals surface area contributed by atoms with Crippen LogP contribution in [0.2, 0.25) is 10.0 Å². The molecular formula is C14H20Cl2N2. The molecule has 100 valence electrons. The first kappa shape index (κ1) is 14.0. The maximum atomic E-state index is 6.36. The Balaban J connectivity index is 2.32. The van der Waals surface area contributed by atoms with Crippen LogP contribution in [-0.4, -0.2) is 37.1 Å². The molecule has 2 nitrogen and oxygen atoms in total. The molecular weight excluding hydrogens is 267 g/mol. The highest BCUT2D eigenvalue weighted by atomic mass is 35.5. The molecule has 2 rings (SSSR count). The number of halogens is 2. The summed E-state index contributed by atoms with van der Waals surface area (Å²) in [5.74, 6) is 0. The highest BCUT2D eigenvalue weighted by Crippen LogP contribution is 2.36. The van der Waals surface area contributed by atoms with Crippen LogP contribution in [0.15, 0.2) is 12.1 Å². The van der Waals surface area contributed by atoms with Crippen molar-refractivity contribution in [3.8, 4) is 0 Å². The number of nitrogens with zero attached hydrogens (tertiary/aromatic N) is 2. The van der Waals surface area contributed by atoms with Gasteiger partial charge in [0.15, 0.2) is 0 Å². The number of benzene rings is 1. The van der Waals surface area contributed by atoms with Gasteiger partial charge < -0.3 is 4.90 Å². The minimum absolute atomic E-state index is 0.502. The summed E-state index contributed by atoms with van der Waals surface area (Å²) >= 11 is 12.7. The van der Waals surface area contributed by atoms with Crippen LogP contribution in [0.1, 0.15) is 19.4 Å². The van der Waals surface area contributed by atoms with E-state index in [1.54, 1.807) is 0 Å². The Hall–Kier alpha value is -0.440. The Bertz CT molecular complexity index is 412. The molecule has 0 radical (unpaired) electrons. The molecule has 1 aromatic carbocycles. The summed E-state index contributed by atoms with van der Waals surface area (Å²) in [6.07, 6.45) is 0. The zero-order chi connectivity index (χ0) is 13.4. The summed E-state index contributed by atoms with van der Waals surface area (Å²) in [6.45, 7) is 8.40. The average Bonchev–Trinajstić information content (AvgIpc) is 2.24. The van der Waals surface area contributed by atoms with Gasteiger partial charge in [-0.25, -0.2) is 0 Å². The van der Waals surface area contributed by atoms with Crippen LogP contribution in [0, 0.1) is 6.92 Å². The van der Waals surface area contributed by atoms with Gasteiger partial charge in [-0.05, 0) is 45.5 Å². The molecule has 1 fully saturated rings. The SMILES string of the molecule is Cc1cc(Cl)c(N2CC(C)N(C)C(C)C2)c(Cl)c1. The number of piperazine rings is 1. The van der Waals surface area contributed by atoms with Crippen molar-refractivity contribution in [2.24, 2.45) is 0 Å². The van der Waals surface area contributed by atoms with E-state index in [1.165, 1.54) is 0 Å². The molecule has 0 N–H and O–H groups in total. The van der Waals surface area contributed by atoms with Crippen molar-refractivity contribution in [3.63, 3.8) is 0 Å². The Kier molecular flexibility index (Phi) is 4.10. The lowest BCUT2D eigenvalue weighted by Crippen LogP contribution is -2.55. The third kappa shape index (κ3) is 2.61. The topological polar surface area (TPSA) is 6.48 Å². The van der Waals surface area contributed by atoms with Gasteiger partial charge in [0.2, 0.25) is 0 Å². The Morgan fingerprint density at radius 3 is 1.94 bits per heavy atom. The molecule has 18 heavy (non-hydrogen) atoms. The molecule has 0 spiro atoms. The number of hydrogen-bond donors (Lipinski definition) is 0. The van der Waals surface area contributed by atoms with Crippen molar-refractivity contribution in [2.75, 3.05) is 25.0 Å². The first-order valence-electron chi connectivity index (χ1n) is 6.32. The van der Waals surface area contributed by atoms with Gasteiger partial charge in [-0.2, -0.15) is 0 Å². The van der Waals surface area contributed by atoms with E-state index in [1.807, 2.05) is 19.1 Å². The van der Waals surface area contributed by atoms with Crippen LogP contribution in [0.4, 0.5) is 5.69 Å². The molecule has 1 heterocycles.